The van der Waals surface area contributed by atoms with Crippen molar-refractivity contribution in [2.24, 2.45) is 0 Å². The van der Waals surface area contributed by atoms with Gasteiger partial charge in [0.2, 0.25) is 0 Å². The summed E-state index contributed by atoms with van der Waals surface area (Å²) in [6.45, 7) is 0.679. The van der Waals surface area contributed by atoms with E-state index in [0.29, 0.717) is 18.0 Å². The predicted molar refractivity (Wildman–Crippen MR) is 93.2 cm³/mol. The van der Waals surface area contributed by atoms with Crippen molar-refractivity contribution < 1.29 is 9.32 Å². The second-order valence-electron chi connectivity index (χ2n) is 5.44. The number of carbonyl (C=O) groups excluding carboxylic acids is 1. The van der Waals surface area contributed by atoms with Crippen LogP contribution in [0.25, 0.3) is 11.3 Å². The average Bonchev–Trinajstić information content (AvgIpc) is 3.03. The Labute approximate surface area is 143 Å². The second-order valence-corrected chi connectivity index (χ2v) is 6.58. The molecule has 0 aliphatic carbocycles. The molecule has 3 heterocycles. The zero-order valence-corrected chi connectivity index (χ0v) is 13.7. The first kappa shape index (κ1) is 15.0. The highest BCUT2D eigenvalue weighted by Gasteiger charge is 2.25. The molecule has 4 rings (SSSR count). The molecular weight excluding hydrogens is 322 g/mol. The fourth-order valence-corrected chi connectivity index (χ4v) is 3.69. The summed E-state index contributed by atoms with van der Waals surface area (Å²) >= 11 is 1.78. The van der Waals surface area contributed by atoms with Crippen LogP contribution in [-0.2, 0) is 0 Å². The largest absolute Gasteiger partial charge is 0.355 e. The van der Waals surface area contributed by atoms with E-state index >= 15 is 0 Å². The highest BCUT2D eigenvalue weighted by molar-refractivity contribution is 7.99. The molecule has 120 valence electrons. The Morgan fingerprint density at radius 3 is 3.00 bits per heavy atom. The lowest BCUT2D eigenvalue weighted by molar-refractivity contribution is 0.0978. The Bertz CT molecular complexity index is 863. The molecule has 1 aliphatic rings. The number of nitrogens with zero attached hydrogens (tertiary/aromatic N) is 3. The third-order valence-corrected chi connectivity index (χ3v) is 5.01. The Morgan fingerprint density at radius 1 is 1.21 bits per heavy atom. The Kier molecular flexibility index (Phi) is 4.04. The third kappa shape index (κ3) is 2.80. The molecule has 0 bridgehead atoms. The van der Waals surface area contributed by atoms with Gasteiger partial charge >= 0.3 is 0 Å². The summed E-state index contributed by atoms with van der Waals surface area (Å²) in [5.74, 6) is 1.41. The number of aromatic nitrogens is 2. The number of pyridine rings is 1. The van der Waals surface area contributed by atoms with Crippen molar-refractivity contribution in [1.29, 1.82) is 0 Å². The van der Waals surface area contributed by atoms with E-state index in [1.165, 1.54) is 0 Å². The number of anilines is 1. The van der Waals surface area contributed by atoms with Crippen LogP contribution in [0.3, 0.4) is 0 Å². The first-order valence-corrected chi connectivity index (χ1v) is 8.72. The highest BCUT2D eigenvalue weighted by Crippen LogP contribution is 2.34. The number of hydrogen-bond acceptors (Lipinski definition) is 5. The summed E-state index contributed by atoms with van der Waals surface area (Å²) in [7, 11) is 0. The molecule has 0 unspecified atom stereocenters. The average molecular weight is 337 g/mol. The minimum Gasteiger partial charge on any atom is -0.355 e. The minimum atomic E-state index is -0.135. The molecule has 24 heavy (non-hydrogen) atoms. The number of rotatable bonds is 2. The molecular formula is C18H15N3O2S. The molecule has 0 N–H and O–H groups in total. The molecule has 1 amide bonds. The first-order valence-electron chi connectivity index (χ1n) is 7.74. The van der Waals surface area contributed by atoms with Gasteiger partial charge in [-0.2, -0.15) is 0 Å². The quantitative estimate of drug-likeness (QED) is 0.710. The second kappa shape index (κ2) is 6.49. The number of hydrogen-bond donors (Lipinski definition) is 0. The summed E-state index contributed by atoms with van der Waals surface area (Å²) < 4.78 is 5.34. The van der Waals surface area contributed by atoms with Gasteiger partial charge in [0, 0.05) is 35.5 Å². The molecule has 2 aromatic heterocycles. The van der Waals surface area contributed by atoms with Crippen LogP contribution < -0.4 is 4.90 Å². The lowest BCUT2D eigenvalue weighted by Crippen LogP contribution is -2.32. The van der Waals surface area contributed by atoms with Crippen LogP contribution in [0.2, 0.25) is 0 Å². The molecule has 0 radical (unpaired) electrons. The van der Waals surface area contributed by atoms with E-state index in [1.54, 1.807) is 35.1 Å². The van der Waals surface area contributed by atoms with Crippen LogP contribution >= 0.6 is 11.8 Å². The highest BCUT2D eigenvalue weighted by atomic mass is 32.2. The van der Waals surface area contributed by atoms with E-state index in [4.69, 9.17) is 4.52 Å². The molecule has 0 saturated carbocycles. The predicted octanol–water partition coefficient (Wildman–Crippen LogP) is 3.88. The fraction of sp³-hybridized carbons (Fsp3) is 0.167. The van der Waals surface area contributed by atoms with Crippen LogP contribution in [0.15, 0.2) is 64.3 Å². The van der Waals surface area contributed by atoms with Gasteiger partial charge in [0.15, 0.2) is 11.5 Å². The maximum atomic E-state index is 12.9. The lowest BCUT2D eigenvalue weighted by Gasteiger charge is -2.21. The number of fused-ring (bicyclic) bond motifs is 1. The Balaban J connectivity index is 1.66. The van der Waals surface area contributed by atoms with Crippen molar-refractivity contribution in [2.45, 2.75) is 11.3 Å². The van der Waals surface area contributed by atoms with E-state index in [2.05, 4.69) is 16.2 Å². The SMILES string of the molecule is O=C(c1cc(-c2cccnc2)on1)N1CCCSc2ccccc21. The molecule has 5 nitrogen and oxygen atoms in total. The molecule has 6 heteroatoms. The number of thioether (sulfide) groups is 1. The molecule has 0 fully saturated rings. The zero-order chi connectivity index (χ0) is 16.4. The molecule has 1 aromatic carbocycles. The van der Waals surface area contributed by atoms with E-state index < -0.39 is 0 Å². The third-order valence-electron chi connectivity index (χ3n) is 3.86. The number of para-hydroxylation sites is 1. The molecule has 0 atom stereocenters. The lowest BCUT2D eigenvalue weighted by atomic mass is 10.2. The summed E-state index contributed by atoms with van der Waals surface area (Å²) in [4.78, 5) is 19.9. The number of carbonyl (C=O) groups is 1. The van der Waals surface area contributed by atoms with E-state index in [0.717, 1.165) is 28.3 Å². The zero-order valence-electron chi connectivity index (χ0n) is 12.9. The number of amides is 1. The fourth-order valence-electron chi connectivity index (χ4n) is 2.70. The standard InChI is InChI=1S/C18H15N3O2S/c22-18(14-11-16(23-20-14)13-5-3-8-19-12-13)21-9-4-10-24-17-7-2-1-6-15(17)21/h1-3,5-8,11-12H,4,9-10H2. The van der Waals surface area contributed by atoms with E-state index in [9.17, 15) is 4.79 Å². The van der Waals surface area contributed by atoms with Gasteiger partial charge in [-0.15, -0.1) is 11.8 Å². The normalized spacial score (nSPS) is 14.1. The van der Waals surface area contributed by atoms with Gasteiger partial charge in [0.05, 0.1) is 5.69 Å². The first-order chi connectivity index (χ1) is 11.8. The van der Waals surface area contributed by atoms with Gasteiger partial charge in [-0.05, 0) is 36.4 Å². The van der Waals surface area contributed by atoms with Crippen molar-refractivity contribution in [3.05, 3.63) is 60.6 Å². The summed E-state index contributed by atoms with van der Waals surface area (Å²) in [5, 5.41) is 3.97. The minimum absolute atomic E-state index is 0.135. The van der Waals surface area contributed by atoms with Gasteiger partial charge in [-0.25, -0.2) is 0 Å². The van der Waals surface area contributed by atoms with E-state index in [1.807, 2.05) is 30.3 Å². The molecule has 0 spiro atoms. The van der Waals surface area contributed by atoms with Crippen molar-refractivity contribution in [1.82, 2.24) is 10.1 Å². The van der Waals surface area contributed by atoms with Crippen LogP contribution in [0, 0.1) is 0 Å². The van der Waals surface area contributed by atoms with Gasteiger partial charge in [-0.3, -0.25) is 9.78 Å². The monoisotopic (exact) mass is 337 g/mol. The van der Waals surface area contributed by atoms with Crippen molar-refractivity contribution in [2.75, 3.05) is 17.2 Å². The van der Waals surface area contributed by atoms with Crippen molar-refractivity contribution in [3.63, 3.8) is 0 Å². The van der Waals surface area contributed by atoms with Gasteiger partial charge in [0.25, 0.3) is 5.91 Å². The van der Waals surface area contributed by atoms with E-state index in [-0.39, 0.29) is 5.91 Å². The van der Waals surface area contributed by atoms with Crippen LogP contribution in [0.4, 0.5) is 5.69 Å². The van der Waals surface area contributed by atoms with Crippen molar-refractivity contribution >= 4 is 23.4 Å². The summed E-state index contributed by atoms with van der Waals surface area (Å²) in [6, 6.07) is 13.4. The smallest absolute Gasteiger partial charge is 0.280 e. The van der Waals surface area contributed by atoms with Gasteiger partial charge in [0.1, 0.15) is 0 Å². The van der Waals surface area contributed by atoms with Crippen molar-refractivity contribution in [3.8, 4) is 11.3 Å². The molecule has 3 aromatic rings. The van der Waals surface area contributed by atoms with Gasteiger partial charge < -0.3 is 9.42 Å². The maximum absolute atomic E-state index is 12.9. The molecule has 0 saturated heterocycles. The summed E-state index contributed by atoms with van der Waals surface area (Å²) in [5.41, 5.74) is 2.06. The molecule has 1 aliphatic heterocycles. The van der Waals surface area contributed by atoms with Crippen LogP contribution in [0.1, 0.15) is 16.9 Å². The maximum Gasteiger partial charge on any atom is 0.280 e. The number of benzene rings is 1. The van der Waals surface area contributed by atoms with Gasteiger partial charge in [-0.1, -0.05) is 17.3 Å². The summed E-state index contributed by atoms with van der Waals surface area (Å²) in [6.07, 6.45) is 4.32. The van der Waals surface area contributed by atoms with Crippen LogP contribution in [0.5, 0.6) is 0 Å². The topological polar surface area (TPSA) is 59.2 Å². The Morgan fingerprint density at radius 2 is 2.12 bits per heavy atom. The Hall–Kier alpha value is -2.60. The van der Waals surface area contributed by atoms with Crippen LogP contribution in [-0.4, -0.2) is 28.3 Å².